The molecule has 0 unspecified atom stereocenters. The van der Waals surface area contributed by atoms with Crippen molar-refractivity contribution in [2.24, 2.45) is 5.73 Å². The molecular weight excluding hydrogens is 240 g/mol. The highest BCUT2D eigenvalue weighted by atomic mass is 35.5. The molecule has 2 rings (SSSR count). The van der Waals surface area contributed by atoms with Crippen molar-refractivity contribution in [3.8, 4) is 5.75 Å². The van der Waals surface area contributed by atoms with Gasteiger partial charge in [0.05, 0.1) is 17.8 Å². The van der Waals surface area contributed by atoms with E-state index in [4.69, 9.17) is 26.5 Å². The number of hydrogen-bond donors (Lipinski definition) is 1. The fourth-order valence-electron chi connectivity index (χ4n) is 1.49. The van der Waals surface area contributed by atoms with Crippen LogP contribution >= 0.6 is 11.6 Å². The highest BCUT2D eigenvalue weighted by Crippen LogP contribution is 2.19. The molecule has 0 aliphatic carbocycles. The predicted octanol–water partition coefficient (Wildman–Crippen LogP) is 2.67. The molecule has 4 nitrogen and oxygen atoms in total. The van der Waals surface area contributed by atoms with Gasteiger partial charge in [0, 0.05) is 12.3 Å². The number of ether oxygens (including phenoxy) is 1. The topological polar surface area (TPSA) is 61.3 Å². The Kier molecular flexibility index (Phi) is 3.66. The Morgan fingerprint density at radius 2 is 2.24 bits per heavy atom. The quantitative estimate of drug-likeness (QED) is 0.909. The average molecular weight is 253 g/mol. The molecule has 5 heteroatoms. The number of aromatic nitrogens is 1. The molecule has 0 radical (unpaired) electrons. The Labute approximate surface area is 104 Å². The first kappa shape index (κ1) is 12.0. The van der Waals surface area contributed by atoms with Crippen LogP contribution < -0.4 is 10.5 Å². The zero-order valence-corrected chi connectivity index (χ0v) is 10.2. The molecule has 0 bridgehead atoms. The lowest BCUT2D eigenvalue weighted by atomic mass is 10.3. The normalized spacial score (nSPS) is 10.5. The molecule has 0 aliphatic rings. The van der Waals surface area contributed by atoms with Gasteiger partial charge in [0.2, 0.25) is 0 Å². The number of rotatable bonds is 4. The van der Waals surface area contributed by atoms with Crippen LogP contribution in [0.1, 0.15) is 17.1 Å². The van der Waals surface area contributed by atoms with Gasteiger partial charge >= 0.3 is 0 Å². The zero-order valence-electron chi connectivity index (χ0n) is 9.44. The molecule has 90 valence electrons. The van der Waals surface area contributed by atoms with E-state index in [1.807, 2.05) is 13.0 Å². The molecule has 0 atom stereocenters. The maximum Gasteiger partial charge on any atom is 0.146 e. The third-order valence-corrected chi connectivity index (χ3v) is 2.52. The molecule has 2 N–H and O–H groups in total. The number of hydrogen-bond acceptors (Lipinski definition) is 4. The van der Waals surface area contributed by atoms with Gasteiger partial charge in [0.15, 0.2) is 0 Å². The third kappa shape index (κ3) is 2.99. The minimum Gasteiger partial charge on any atom is -0.484 e. The Morgan fingerprint density at radius 3 is 2.88 bits per heavy atom. The molecule has 0 aliphatic heterocycles. The maximum absolute atomic E-state index is 5.80. The van der Waals surface area contributed by atoms with E-state index in [1.54, 1.807) is 18.5 Å². The van der Waals surface area contributed by atoms with Crippen LogP contribution in [0.25, 0.3) is 0 Å². The molecule has 0 fully saturated rings. The van der Waals surface area contributed by atoms with E-state index in [9.17, 15) is 0 Å². The summed E-state index contributed by atoms with van der Waals surface area (Å²) in [6.45, 7) is 2.68. The Hall–Kier alpha value is -1.52. The van der Waals surface area contributed by atoms with Crippen LogP contribution in [0.4, 0.5) is 0 Å². The van der Waals surface area contributed by atoms with Crippen LogP contribution in [0.5, 0.6) is 5.75 Å². The summed E-state index contributed by atoms with van der Waals surface area (Å²) < 4.78 is 11.0. The smallest absolute Gasteiger partial charge is 0.146 e. The second-order valence-electron chi connectivity index (χ2n) is 3.65. The van der Waals surface area contributed by atoms with Crippen molar-refractivity contribution in [2.75, 3.05) is 0 Å². The molecule has 0 saturated carbocycles. The standard InChI is InChI=1S/C12H13ClN2O2/c1-8-2-11(17-12(8)4-14)7-16-10-3-9(13)5-15-6-10/h2-3,5-6H,4,7,14H2,1H3. The fourth-order valence-corrected chi connectivity index (χ4v) is 1.65. The zero-order chi connectivity index (χ0) is 12.3. The lowest BCUT2D eigenvalue weighted by Crippen LogP contribution is -1.96. The summed E-state index contributed by atoms with van der Waals surface area (Å²) in [7, 11) is 0. The Balaban J connectivity index is 2.02. The number of nitrogens with two attached hydrogens (primary N) is 1. The molecule has 2 aromatic rings. The molecule has 0 amide bonds. The van der Waals surface area contributed by atoms with Gasteiger partial charge in [-0.25, -0.2) is 0 Å². The van der Waals surface area contributed by atoms with Crippen LogP contribution in [0.2, 0.25) is 5.02 Å². The van der Waals surface area contributed by atoms with E-state index < -0.39 is 0 Å². The second kappa shape index (κ2) is 5.21. The van der Waals surface area contributed by atoms with Gasteiger partial charge in [-0.15, -0.1) is 0 Å². The van der Waals surface area contributed by atoms with Crippen molar-refractivity contribution >= 4 is 11.6 Å². The fraction of sp³-hybridized carbons (Fsp3) is 0.250. The molecular formula is C12H13ClN2O2. The SMILES string of the molecule is Cc1cc(COc2cncc(Cl)c2)oc1CN. The molecule has 0 aromatic carbocycles. The third-order valence-electron chi connectivity index (χ3n) is 2.32. The molecule has 0 spiro atoms. The van der Waals surface area contributed by atoms with Crippen LogP contribution in [-0.2, 0) is 13.2 Å². The first-order valence-corrected chi connectivity index (χ1v) is 5.58. The predicted molar refractivity (Wildman–Crippen MR) is 64.9 cm³/mol. The number of furan rings is 1. The summed E-state index contributed by atoms with van der Waals surface area (Å²) in [5.74, 6) is 2.14. The highest BCUT2D eigenvalue weighted by Gasteiger charge is 2.06. The lowest BCUT2D eigenvalue weighted by molar-refractivity contribution is 0.265. The van der Waals surface area contributed by atoms with E-state index in [2.05, 4.69) is 4.98 Å². The van der Waals surface area contributed by atoms with Crippen molar-refractivity contribution < 1.29 is 9.15 Å². The summed E-state index contributed by atoms with van der Waals surface area (Å²) in [4.78, 5) is 3.93. The number of nitrogens with zero attached hydrogens (tertiary/aromatic N) is 1. The van der Waals surface area contributed by atoms with Crippen LogP contribution in [-0.4, -0.2) is 4.98 Å². The number of pyridine rings is 1. The molecule has 2 heterocycles. The average Bonchev–Trinajstić information content (AvgIpc) is 2.67. The number of aryl methyl sites for hydroxylation is 1. The van der Waals surface area contributed by atoms with Crippen LogP contribution in [0.3, 0.4) is 0 Å². The van der Waals surface area contributed by atoms with Crippen molar-refractivity contribution in [1.29, 1.82) is 0 Å². The van der Waals surface area contributed by atoms with Crippen molar-refractivity contribution in [3.05, 3.63) is 46.6 Å². The van der Waals surface area contributed by atoms with E-state index in [0.29, 0.717) is 23.9 Å². The van der Waals surface area contributed by atoms with Gasteiger partial charge in [-0.1, -0.05) is 11.6 Å². The second-order valence-corrected chi connectivity index (χ2v) is 4.09. The van der Waals surface area contributed by atoms with Crippen LogP contribution in [0, 0.1) is 6.92 Å². The Bertz CT molecular complexity index is 511. The minimum absolute atomic E-state index is 0.336. The Morgan fingerprint density at radius 1 is 1.41 bits per heavy atom. The van der Waals surface area contributed by atoms with Crippen molar-refractivity contribution in [2.45, 2.75) is 20.1 Å². The summed E-state index contributed by atoms with van der Waals surface area (Å²) in [5.41, 5.74) is 6.57. The van der Waals surface area contributed by atoms with Gasteiger partial charge in [0.25, 0.3) is 0 Å². The first-order chi connectivity index (χ1) is 8.19. The molecule has 17 heavy (non-hydrogen) atoms. The summed E-state index contributed by atoms with van der Waals surface area (Å²) in [6, 6.07) is 3.62. The van der Waals surface area contributed by atoms with Gasteiger partial charge in [-0.2, -0.15) is 0 Å². The minimum atomic E-state index is 0.336. The highest BCUT2D eigenvalue weighted by molar-refractivity contribution is 6.30. The largest absolute Gasteiger partial charge is 0.484 e. The van der Waals surface area contributed by atoms with E-state index in [0.717, 1.165) is 17.1 Å². The van der Waals surface area contributed by atoms with Crippen LogP contribution in [0.15, 0.2) is 28.9 Å². The van der Waals surface area contributed by atoms with E-state index >= 15 is 0 Å². The van der Waals surface area contributed by atoms with Gasteiger partial charge in [-0.05, 0) is 18.6 Å². The summed E-state index contributed by atoms with van der Waals surface area (Å²) >= 11 is 5.80. The van der Waals surface area contributed by atoms with Gasteiger partial charge < -0.3 is 14.9 Å². The maximum atomic E-state index is 5.80. The first-order valence-electron chi connectivity index (χ1n) is 5.20. The monoisotopic (exact) mass is 252 g/mol. The lowest BCUT2D eigenvalue weighted by Gasteiger charge is -2.03. The summed E-state index contributed by atoms with van der Waals surface area (Å²) in [5, 5.41) is 0.542. The van der Waals surface area contributed by atoms with E-state index in [1.165, 1.54) is 0 Å². The summed E-state index contributed by atoms with van der Waals surface area (Å²) in [6.07, 6.45) is 3.16. The van der Waals surface area contributed by atoms with Crippen molar-refractivity contribution in [3.63, 3.8) is 0 Å². The molecule has 0 saturated heterocycles. The molecule has 2 aromatic heterocycles. The van der Waals surface area contributed by atoms with Gasteiger partial charge in [-0.3, -0.25) is 4.98 Å². The number of halogens is 1. The van der Waals surface area contributed by atoms with E-state index in [-0.39, 0.29) is 0 Å². The van der Waals surface area contributed by atoms with Gasteiger partial charge in [0.1, 0.15) is 23.9 Å². The van der Waals surface area contributed by atoms with Crippen molar-refractivity contribution in [1.82, 2.24) is 4.98 Å².